The van der Waals surface area contributed by atoms with Gasteiger partial charge in [0.1, 0.15) is 17.8 Å². The largest absolute Gasteiger partial charge is 0.438 e. The van der Waals surface area contributed by atoms with E-state index in [-0.39, 0.29) is 12.8 Å². The zero-order valence-electron chi connectivity index (χ0n) is 23.6. The van der Waals surface area contributed by atoms with Crippen LogP contribution >= 0.6 is 8.53 Å². The summed E-state index contributed by atoms with van der Waals surface area (Å²) < 4.78 is 34.9. The Morgan fingerprint density at radius 2 is 1.93 bits per heavy atom. The molecule has 1 unspecified atom stereocenters. The van der Waals surface area contributed by atoms with Crippen LogP contribution in [0.4, 0.5) is 0 Å². The lowest BCUT2D eigenvalue weighted by Gasteiger charge is -2.29. The number of nitrogens with zero attached hydrogens (tertiary/aromatic N) is 2. The van der Waals surface area contributed by atoms with Crippen molar-refractivity contribution < 1.29 is 28.1 Å². The van der Waals surface area contributed by atoms with Gasteiger partial charge in [-0.15, -0.1) is 0 Å². The fraction of sp³-hybridized carbons (Fsp3) is 0.607. The van der Waals surface area contributed by atoms with Crippen molar-refractivity contribution in [1.82, 2.24) is 14.2 Å². The predicted octanol–water partition coefficient (Wildman–Crippen LogP) is 3.80. The number of hydrogen-bond donors (Lipinski definition) is 1. The molecule has 40 heavy (non-hydrogen) atoms. The highest BCUT2D eigenvalue weighted by atomic mass is 31.2. The number of carbonyl (C=O) groups excluding carboxylic acids is 1. The number of fused-ring (bicyclic) bond motifs is 1. The van der Waals surface area contributed by atoms with E-state index < -0.39 is 61.3 Å². The van der Waals surface area contributed by atoms with Crippen molar-refractivity contribution in [2.24, 2.45) is 5.41 Å². The Morgan fingerprint density at radius 3 is 2.60 bits per heavy atom. The van der Waals surface area contributed by atoms with Gasteiger partial charge in [0.2, 0.25) is 0 Å². The summed E-state index contributed by atoms with van der Waals surface area (Å²) in [5.74, 6) is -0.421. The minimum atomic E-state index is -1.49. The molecule has 2 aromatic rings. The van der Waals surface area contributed by atoms with Gasteiger partial charge in [-0.05, 0) is 52.5 Å². The van der Waals surface area contributed by atoms with Crippen molar-refractivity contribution in [3.05, 3.63) is 69.0 Å². The van der Waals surface area contributed by atoms with Crippen LogP contribution in [-0.4, -0.2) is 57.9 Å². The van der Waals surface area contributed by atoms with Gasteiger partial charge in [-0.25, -0.2) is 9.46 Å². The van der Waals surface area contributed by atoms with E-state index in [9.17, 15) is 14.4 Å². The number of aromatic amines is 1. The van der Waals surface area contributed by atoms with Gasteiger partial charge in [-0.3, -0.25) is 19.1 Å². The minimum absolute atomic E-state index is 0.160. The smallest absolute Gasteiger partial charge is 0.330 e. The first-order valence-corrected chi connectivity index (χ1v) is 14.9. The lowest BCUT2D eigenvalue weighted by Crippen LogP contribution is -2.40. The average Bonchev–Trinajstić information content (AvgIpc) is 3.60. The molecule has 218 valence electrons. The summed E-state index contributed by atoms with van der Waals surface area (Å²) in [5.41, 5.74) is -1.31. The zero-order valence-corrected chi connectivity index (χ0v) is 24.5. The Kier molecular flexibility index (Phi) is 8.34. The Balaban J connectivity index is 1.43. The second-order valence-electron chi connectivity index (χ2n) is 11.6. The summed E-state index contributed by atoms with van der Waals surface area (Å²) in [6, 6.07) is 11.6. The summed E-state index contributed by atoms with van der Waals surface area (Å²) in [7, 11) is -1.49. The van der Waals surface area contributed by atoms with Gasteiger partial charge in [-0.1, -0.05) is 37.3 Å². The Bertz CT molecular complexity index is 1310. The highest BCUT2D eigenvalue weighted by Gasteiger charge is 2.57. The normalized spacial score (nSPS) is 32.3. The number of nitrogens with one attached hydrogen (secondary N) is 1. The summed E-state index contributed by atoms with van der Waals surface area (Å²) in [6.07, 6.45) is 1.16. The molecule has 4 heterocycles. The van der Waals surface area contributed by atoms with Crippen LogP contribution in [0.3, 0.4) is 0 Å². The van der Waals surface area contributed by atoms with Gasteiger partial charge >= 0.3 is 11.7 Å². The molecule has 1 N–H and O–H groups in total. The highest BCUT2D eigenvalue weighted by molar-refractivity contribution is 7.45. The summed E-state index contributed by atoms with van der Waals surface area (Å²) in [6.45, 7) is 9.85. The first-order chi connectivity index (χ1) is 19.0. The number of esters is 1. The molecule has 0 radical (unpaired) electrons. The Hall–Kier alpha value is -2.40. The molecule has 0 bridgehead atoms. The fourth-order valence-corrected chi connectivity index (χ4v) is 7.71. The molecule has 3 aliphatic heterocycles. The van der Waals surface area contributed by atoms with Gasteiger partial charge < -0.3 is 23.3 Å². The van der Waals surface area contributed by atoms with E-state index >= 15 is 0 Å². The number of H-pyrrole nitrogens is 1. The van der Waals surface area contributed by atoms with Crippen LogP contribution in [0.25, 0.3) is 0 Å². The topological polar surface area (TPSA) is 121 Å². The van der Waals surface area contributed by atoms with E-state index in [2.05, 4.69) is 28.7 Å². The quantitative estimate of drug-likeness (QED) is 0.285. The van der Waals surface area contributed by atoms with Gasteiger partial charge in [0, 0.05) is 18.8 Å². The van der Waals surface area contributed by atoms with E-state index in [4.69, 9.17) is 23.3 Å². The van der Waals surface area contributed by atoms with Crippen LogP contribution in [0.1, 0.15) is 65.7 Å². The van der Waals surface area contributed by atoms with Gasteiger partial charge in [0.25, 0.3) is 14.1 Å². The maximum atomic E-state index is 12.7. The van der Waals surface area contributed by atoms with Gasteiger partial charge in [-0.2, -0.15) is 0 Å². The van der Waals surface area contributed by atoms with Crippen molar-refractivity contribution >= 4 is 14.5 Å². The molecule has 12 heteroatoms. The predicted molar refractivity (Wildman–Crippen MR) is 147 cm³/mol. The van der Waals surface area contributed by atoms with Crippen molar-refractivity contribution in [2.75, 3.05) is 13.3 Å². The van der Waals surface area contributed by atoms with Crippen LogP contribution < -0.4 is 11.2 Å². The first kappa shape index (κ1) is 29.1. The maximum absolute atomic E-state index is 12.7. The number of hydrogen-bond acceptors (Lipinski definition) is 9. The molecule has 7 atom stereocenters. The van der Waals surface area contributed by atoms with Crippen molar-refractivity contribution in [2.45, 2.75) is 90.1 Å². The number of carbonyl (C=O) groups is 1. The van der Waals surface area contributed by atoms with Gasteiger partial charge in [0.15, 0.2) is 13.0 Å². The van der Waals surface area contributed by atoms with Crippen LogP contribution in [0.5, 0.6) is 0 Å². The summed E-state index contributed by atoms with van der Waals surface area (Å²) in [4.78, 5) is 39.2. The van der Waals surface area contributed by atoms with E-state index in [1.165, 1.54) is 16.8 Å². The SMILES string of the molecule is CC[C@H]1O[C@@H](n2ccc(=O)[nH]c2=O)[C@@H](OCOC(=O)C(C)(C)C)C1O[P@@]1O[C@](C)(c2ccccc2)[C@@H]2CCCN21. The number of ether oxygens (including phenoxy) is 3. The molecule has 5 rings (SSSR count). The number of aromatic nitrogens is 2. The zero-order chi connectivity index (χ0) is 28.7. The summed E-state index contributed by atoms with van der Waals surface area (Å²) in [5, 5.41) is 0. The van der Waals surface area contributed by atoms with Crippen LogP contribution in [0.2, 0.25) is 0 Å². The van der Waals surface area contributed by atoms with Crippen LogP contribution in [-0.2, 0) is 33.7 Å². The second-order valence-corrected chi connectivity index (χ2v) is 13.0. The lowest BCUT2D eigenvalue weighted by atomic mass is 9.87. The molecule has 3 fully saturated rings. The van der Waals surface area contributed by atoms with Gasteiger partial charge in [0.05, 0.1) is 17.6 Å². The third-order valence-corrected chi connectivity index (χ3v) is 9.63. The molecular formula is C28H38N3O8P. The van der Waals surface area contributed by atoms with E-state index in [1.807, 2.05) is 25.1 Å². The lowest BCUT2D eigenvalue weighted by molar-refractivity contribution is -0.178. The Labute approximate surface area is 234 Å². The molecule has 0 saturated carbocycles. The standard InChI is InChI=1S/C28H38N3O8P/c1-6-19-22(38-40-31-15-10-13-20(31)28(5,39-40)18-11-8-7-9-12-18)23(35-17-36-25(33)27(2,3)4)24(37-19)30-16-14-21(32)29-26(30)34/h7-9,11-12,14,16,19-20,22-24H,6,10,13,15,17H2,1-5H3,(H,29,32,34)/t19-,20+,22?,23+,24-,28-,40+/m1/s1. The Morgan fingerprint density at radius 1 is 1.18 bits per heavy atom. The third-order valence-electron chi connectivity index (χ3n) is 7.77. The number of rotatable bonds is 8. The molecule has 3 saturated heterocycles. The molecular weight excluding hydrogens is 537 g/mol. The maximum Gasteiger partial charge on any atom is 0.330 e. The molecule has 1 aromatic heterocycles. The minimum Gasteiger partial charge on any atom is -0.438 e. The van der Waals surface area contributed by atoms with Crippen molar-refractivity contribution in [1.29, 1.82) is 0 Å². The fourth-order valence-electron chi connectivity index (χ4n) is 5.56. The van der Waals surface area contributed by atoms with Crippen molar-refractivity contribution in [3.8, 4) is 0 Å². The van der Waals surface area contributed by atoms with E-state index in [0.717, 1.165) is 24.9 Å². The third kappa shape index (κ3) is 5.55. The molecule has 0 spiro atoms. The molecule has 3 aliphatic rings. The highest BCUT2D eigenvalue weighted by Crippen LogP contribution is 2.64. The second kappa shape index (κ2) is 11.5. The van der Waals surface area contributed by atoms with E-state index in [0.29, 0.717) is 6.42 Å². The molecule has 1 aromatic carbocycles. The summed E-state index contributed by atoms with van der Waals surface area (Å²) >= 11 is 0. The molecule has 11 nitrogen and oxygen atoms in total. The average molecular weight is 576 g/mol. The number of benzene rings is 1. The molecule has 0 aliphatic carbocycles. The molecule has 0 amide bonds. The van der Waals surface area contributed by atoms with E-state index in [1.54, 1.807) is 20.8 Å². The van der Waals surface area contributed by atoms with Crippen molar-refractivity contribution in [3.63, 3.8) is 0 Å². The first-order valence-electron chi connectivity index (χ1n) is 13.8. The van der Waals surface area contributed by atoms with Crippen LogP contribution in [0, 0.1) is 5.41 Å². The van der Waals surface area contributed by atoms with Crippen LogP contribution in [0.15, 0.2) is 52.2 Å². The monoisotopic (exact) mass is 575 g/mol.